The second kappa shape index (κ2) is 5.01. The lowest BCUT2D eigenvalue weighted by Crippen LogP contribution is -2.16. The topological polar surface area (TPSA) is 35.5 Å². The average Bonchev–Trinajstić information content (AvgIpc) is 2.09. The summed E-state index contributed by atoms with van der Waals surface area (Å²) >= 11 is 0. The monoisotopic (exact) mass is 222 g/mol. The van der Waals surface area contributed by atoms with Crippen molar-refractivity contribution in [3.05, 3.63) is 28.8 Å². The van der Waals surface area contributed by atoms with Gasteiger partial charge in [-0.15, -0.1) is 0 Å². The molecule has 1 aromatic carbocycles. The molecule has 0 bridgehead atoms. The van der Waals surface area contributed by atoms with Gasteiger partial charge in [0.25, 0.3) is 0 Å². The van der Waals surface area contributed by atoms with Crippen LogP contribution in [-0.2, 0) is 4.74 Å². The van der Waals surface area contributed by atoms with Crippen LogP contribution in [0, 0.1) is 20.8 Å². The van der Waals surface area contributed by atoms with Crippen molar-refractivity contribution in [3.8, 4) is 5.75 Å². The molecule has 0 heterocycles. The van der Waals surface area contributed by atoms with Crippen molar-refractivity contribution in [1.29, 1.82) is 0 Å². The van der Waals surface area contributed by atoms with E-state index < -0.39 is 6.16 Å². The fourth-order valence-electron chi connectivity index (χ4n) is 1.63. The summed E-state index contributed by atoms with van der Waals surface area (Å²) in [5.41, 5.74) is 3.04. The molecule has 88 valence electrons. The van der Waals surface area contributed by atoms with Gasteiger partial charge in [-0.2, -0.15) is 0 Å². The summed E-state index contributed by atoms with van der Waals surface area (Å²) in [6.07, 6.45) is -0.816. The number of rotatable bonds is 2. The van der Waals surface area contributed by atoms with Gasteiger partial charge in [-0.1, -0.05) is 17.7 Å². The van der Waals surface area contributed by atoms with Crippen LogP contribution < -0.4 is 4.74 Å². The van der Waals surface area contributed by atoms with Crippen molar-refractivity contribution in [1.82, 2.24) is 0 Å². The second-order valence-electron chi connectivity index (χ2n) is 4.25. The lowest BCUT2D eigenvalue weighted by Gasteiger charge is -2.12. The molecule has 0 fully saturated rings. The van der Waals surface area contributed by atoms with E-state index in [-0.39, 0.29) is 6.10 Å². The van der Waals surface area contributed by atoms with E-state index in [1.807, 2.05) is 32.9 Å². The Bertz CT molecular complexity index is 371. The Hall–Kier alpha value is -1.51. The molecule has 0 unspecified atom stereocenters. The fraction of sp³-hybridized carbons (Fsp3) is 0.462. The van der Waals surface area contributed by atoms with Gasteiger partial charge in [0, 0.05) is 0 Å². The molecule has 0 aliphatic rings. The first-order chi connectivity index (χ1) is 7.40. The van der Waals surface area contributed by atoms with Crippen molar-refractivity contribution in [2.75, 3.05) is 0 Å². The minimum Gasteiger partial charge on any atom is -0.431 e. The molecule has 0 aliphatic heterocycles. The molecule has 0 spiro atoms. The summed E-state index contributed by atoms with van der Waals surface area (Å²) in [6.45, 7) is 9.42. The molecule has 0 saturated carbocycles. The van der Waals surface area contributed by atoms with Gasteiger partial charge in [-0.3, -0.25) is 0 Å². The molecule has 0 N–H and O–H groups in total. The van der Waals surface area contributed by atoms with Gasteiger partial charge >= 0.3 is 6.16 Å². The smallest absolute Gasteiger partial charge is 0.431 e. The molecule has 16 heavy (non-hydrogen) atoms. The number of benzene rings is 1. The van der Waals surface area contributed by atoms with E-state index in [0.717, 1.165) is 16.7 Å². The molecule has 1 rings (SSSR count). The molecule has 3 nitrogen and oxygen atoms in total. The number of carbonyl (C=O) groups excluding carboxylic acids is 1. The predicted octanol–water partition coefficient (Wildman–Crippen LogP) is 3.54. The molecule has 0 radical (unpaired) electrons. The van der Waals surface area contributed by atoms with Crippen molar-refractivity contribution in [2.45, 2.75) is 40.7 Å². The molecular formula is C13H18O3. The zero-order valence-electron chi connectivity index (χ0n) is 10.5. The van der Waals surface area contributed by atoms with Gasteiger partial charge < -0.3 is 9.47 Å². The summed E-state index contributed by atoms with van der Waals surface area (Å²) < 4.78 is 10.1. The zero-order valence-corrected chi connectivity index (χ0v) is 10.5. The lowest BCUT2D eigenvalue weighted by atomic mass is 10.1. The Kier molecular flexibility index (Phi) is 3.93. The van der Waals surface area contributed by atoms with Gasteiger partial charge in [0.15, 0.2) is 0 Å². The van der Waals surface area contributed by atoms with E-state index in [1.165, 1.54) is 0 Å². The van der Waals surface area contributed by atoms with Gasteiger partial charge in [0.1, 0.15) is 5.75 Å². The third-order valence-electron chi connectivity index (χ3n) is 2.12. The summed E-state index contributed by atoms with van der Waals surface area (Å²) in [7, 11) is 0. The van der Waals surface area contributed by atoms with Gasteiger partial charge in [0.2, 0.25) is 0 Å². The molecule has 0 aromatic heterocycles. The first-order valence-electron chi connectivity index (χ1n) is 5.36. The molecule has 3 heteroatoms. The van der Waals surface area contributed by atoms with Gasteiger partial charge in [0.05, 0.1) is 6.10 Å². The van der Waals surface area contributed by atoms with E-state index in [1.54, 1.807) is 13.8 Å². The number of hydrogen-bond acceptors (Lipinski definition) is 3. The first-order valence-corrected chi connectivity index (χ1v) is 5.36. The number of carbonyl (C=O) groups is 1. The molecule has 0 amide bonds. The van der Waals surface area contributed by atoms with Crippen molar-refractivity contribution < 1.29 is 14.3 Å². The van der Waals surface area contributed by atoms with E-state index in [4.69, 9.17) is 9.47 Å². The summed E-state index contributed by atoms with van der Waals surface area (Å²) in [6, 6.07) is 3.95. The Morgan fingerprint density at radius 3 is 2.06 bits per heavy atom. The quantitative estimate of drug-likeness (QED) is 0.567. The number of aryl methyl sites for hydroxylation is 3. The average molecular weight is 222 g/mol. The largest absolute Gasteiger partial charge is 0.514 e. The number of ether oxygens (including phenoxy) is 2. The molecule has 0 aliphatic carbocycles. The minimum atomic E-state index is -0.648. The van der Waals surface area contributed by atoms with Crippen LogP contribution in [0.2, 0.25) is 0 Å². The standard InChI is InChI=1S/C13H18O3/c1-8(2)15-13(14)16-12-10(4)6-9(3)7-11(12)5/h6-8H,1-5H3. The van der Waals surface area contributed by atoms with E-state index in [9.17, 15) is 4.79 Å². The highest BCUT2D eigenvalue weighted by Crippen LogP contribution is 2.24. The normalized spacial score (nSPS) is 10.4. The Morgan fingerprint density at radius 1 is 1.12 bits per heavy atom. The van der Waals surface area contributed by atoms with E-state index in [0.29, 0.717) is 5.75 Å². The first kappa shape index (κ1) is 12.6. The Labute approximate surface area is 96.4 Å². The van der Waals surface area contributed by atoms with E-state index >= 15 is 0 Å². The van der Waals surface area contributed by atoms with E-state index in [2.05, 4.69) is 0 Å². The SMILES string of the molecule is Cc1cc(C)c(OC(=O)OC(C)C)c(C)c1. The highest BCUT2D eigenvalue weighted by molar-refractivity contribution is 5.65. The maximum atomic E-state index is 11.4. The van der Waals surface area contributed by atoms with Crippen molar-refractivity contribution in [2.24, 2.45) is 0 Å². The molecule has 1 aromatic rings. The Balaban J connectivity index is 2.85. The van der Waals surface area contributed by atoms with Crippen LogP contribution in [0.5, 0.6) is 5.75 Å². The van der Waals surface area contributed by atoms with Crippen LogP contribution in [0.3, 0.4) is 0 Å². The third kappa shape index (κ3) is 3.26. The Morgan fingerprint density at radius 2 is 1.62 bits per heavy atom. The van der Waals surface area contributed by atoms with Crippen LogP contribution in [-0.4, -0.2) is 12.3 Å². The maximum absolute atomic E-state index is 11.4. The zero-order chi connectivity index (χ0) is 12.3. The van der Waals surface area contributed by atoms with Crippen LogP contribution >= 0.6 is 0 Å². The van der Waals surface area contributed by atoms with Crippen LogP contribution in [0.4, 0.5) is 4.79 Å². The molecule has 0 atom stereocenters. The van der Waals surface area contributed by atoms with Crippen LogP contribution in [0.15, 0.2) is 12.1 Å². The van der Waals surface area contributed by atoms with Crippen LogP contribution in [0.25, 0.3) is 0 Å². The summed E-state index contributed by atoms with van der Waals surface area (Å²) in [5, 5.41) is 0. The molecule has 0 saturated heterocycles. The highest BCUT2D eigenvalue weighted by atomic mass is 16.7. The summed E-state index contributed by atoms with van der Waals surface area (Å²) in [4.78, 5) is 11.4. The minimum absolute atomic E-state index is 0.168. The predicted molar refractivity (Wildman–Crippen MR) is 62.9 cm³/mol. The summed E-state index contributed by atoms with van der Waals surface area (Å²) in [5.74, 6) is 0.594. The van der Waals surface area contributed by atoms with Crippen molar-refractivity contribution in [3.63, 3.8) is 0 Å². The highest BCUT2D eigenvalue weighted by Gasteiger charge is 2.12. The fourth-order valence-corrected chi connectivity index (χ4v) is 1.63. The number of hydrogen-bond donors (Lipinski definition) is 0. The third-order valence-corrected chi connectivity index (χ3v) is 2.12. The lowest BCUT2D eigenvalue weighted by molar-refractivity contribution is 0.0724. The van der Waals surface area contributed by atoms with Gasteiger partial charge in [-0.25, -0.2) is 4.79 Å². The van der Waals surface area contributed by atoms with Gasteiger partial charge in [-0.05, 0) is 45.7 Å². The molecular weight excluding hydrogens is 204 g/mol. The maximum Gasteiger partial charge on any atom is 0.514 e. The van der Waals surface area contributed by atoms with Crippen molar-refractivity contribution >= 4 is 6.16 Å². The second-order valence-corrected chi connectivity index (χ2v) is 4.25. The van der Waals surface area contributed by atoms with Crippen LogP contribution in [0.1, 0.15) is 30.5 Å².